The van der Waals surface area contributed by atoms with Crippen molar-refractivity contribution in [2.45, 2.75) is 63.2 Å². The first-order valence-electron chi connectivity index (χ1n) is 9.36. The van der Waals surface area contributed by atoms with Gasteiger partial charge in [-0.3, -0.25) is 28.8 Å². The number of carbonyl (C=O) groups excluding carboxylic acids is 4. The van der Waals surface area contributed by atoms with Crippen LogP contribution in [0.25, 0.3) is 0 Å². The molecule has 0 aliphatic carbocycles. The SMILES string of the molecule is CC(NC(=O)C(CCC(=O)O)NC(=O)C(N)CC(N)=O)C(=O)NC(CCC(=O)O)C(=O)O. The van der Waals surface area contributed by atoms with Gasteiger partial charge in [-0.1, -0.05) is 0 Å². The van der Waals surface area contributed by atoms with E-state index in [-0.39, 0.29) is 6.42 Å². The Kier molecular flexibility index (Phi) is 11.9. The summed E-state index contributed by atoms with van der Waals surface area (Å²) in [6.45, 7) is 1.19. The molecule has 0 fully saturated rings. The Morgan fingerprint density at radius 3 is 1.66 bits per heavy atom. The molecule has 4 unspecified atom stereocenters. The summed E-state index contributed by atoms with van der Waals surface area (Å²) in [6.07, 6.45) is -2.34. The van der Waals surface area contributed by atoms with Gasteiger partial charge in [-0.05, 0) is 19.8 Å². The molecule has 32 heavy (non-hydrogen) atoms. The smallest absolute Gasteiger partial charge is 0.326 e. The standard InChI is InChI=1S/C17H27N5O10/c1-7(14(28)22-10(17(31)32)3-5-13(26)27)20-16(30)9(2-4-12(24)25)21-15(29)8(18)6-11(19)23/h7-10H,2-6,18H2,1H3,(H2,19,23)(H,20,30)(H,21,29)(H,22,28)(H,24,25)(H,26,27)(H,31,32). The van der Waals surface area contributed by atoms with Crippen molar-refractivity contribution in [1.82, 2.24) is 16.0 Å². The number of aliphatic carboxylic acids is 3. The molecular formula is C17H27N5O10. The van der Waals surface area contributed by atoms with E-state index in [1.165, 1.54) is 6.92 Å². The Bertz CT molecular complexity index is 756. The zero-order chi connectivity index (χ0) is 25.0. The van der Waals surface area contributed by atoms with Gasteiger partial charge in [0.05, 0.1) is 12.5 Å². The van der Waals surface area contributed by atoms with Crippen molar-refractivity contribution in [2.24, 2.45) is 11.5 Å². The summed E-state index contributed by atoms with van der Waals surface area (Å²) in [5.74, 6) is -7.76. The first kappa shape index (κ1) is 28.2. The summed E-state index contributed by atoms with van der Waals surface area (Å²) >= 11 is 0. The molecule has 0 aromatic rings. The minimum atomic E-state index is -1.52. The zero-order valence-corrected chi connectivity index (χ0v) is 17.2. The number of carboxylic acid groups (broad SMARTS) is 3. The minimum Gasteiger partial charge on any atom is -0.481 e. The number of nitrogens with one attached hydrogen (secondary N) is 3. The van der Waals surface area contributed by atoms with Gasteiger partial charge in [0.2, 0.25) is 23.6 Å². The van der Waals surface area contributed by atoms with E-state index in [0.29, 0.717) is 0 Å². The molecule has 0 aliphatic heterocycles. The third-order valence-corrected chi connectivity index (χ3v) is 4.05. The van der Waals surface area contributed by atoms with E-state index in [4.69, 9.17) is 26.8 Å². The van der Waals surface area contributed by atoms with Gasteiger partial charge in [0.1, 0.15) is 18.1 Å². The Morgan fingerprint density at radius 1 is 0.750 bits per heavy atom. The van der Waals surface area contributed by atoms with Crippen LogP contribution in [0.4, 0.5) is 0 Å². The predicted molar refractivity (Wildman–Crippen MR) is 105 cm³/mol. The van der Waals surface area contributed by atoms with Crippen LogP contribution in [0.2, 0.25) is 0 Å². The van der Waals surface area contributed by atoms with Crippen molar-refractivity contribution < 1.29 is 48.9 Å². The summed E-state index contributed by atoms with van der Waals surface area (Å²) in [7, 11) is 0. The second-order valence-electron chi connectivity index (χ2n) is 6.83. The monoisotopic (exact) mass is 461 g/mol. The molecule has 0 rings (SSSR count). The molecule has 0 spiro atoms. The fourth-order valence-electron chi connectivity index (χ4n) is 2.33. The van der Waals surface area contributed by atoms with Gasteiger partial charge >= 0.3 is 17.9 Å². The third-order valence-electron chi connectivity index (χ3n) is 4.05. The Balaban J connectivity index is 5.14. The van der Waals surface area contributed by atoms with Gasteiger partial charge in [-0.25, -0.2) is 4.79 Å². The van der Waals surface area contributed by atoms with E-state index in [2.05, 4.69) is 16.0 Å². The molecule has 15 heteroatoms. The average Bonchev–Trinajstić information content (AvgIpc) is 2.66. The number of amides is 4. The lowest BCUT2D eigenvalue weighted by Gasteiger charge is -2.23. The van der Waals surface area contributed by atoms with Gasteiger partial charge in [-0.15, -0.1) is 0 Å². The van der Waals surface area contributed by atoms with Crippen molar-refractivity contribution in [1.29, 1.82) is 0 Å². The van der Waals surface area contributed by atoms with Crippen molar-refractivity contribution in [3.63, 3.8) is 0 Å². The molecule has 0 aliphatic rings. The molecule has 4 amide bonds. The van der Waals surface area contributed by atoms with Gasteiger partial charge in [-0.2, -0.15) is 0 Å². The van der Waals surface area contributed by atoms with E-state index in [1.807, 2.05) is 0 Å². The lowest BCUT2D eigenvalue weighted by molar-refractivity contribution is -0.143. The maximum atomic E-state index is 12.5. The van der Waals surface area contributed by atoms with Crippen molar-refractivity contribution in [2.75, 3.05) is 0 Å². The second-order valence-corrected chi connectivity index (χ2v) is 6.83. The van der Waals surface area contributed by atoms with Crippen LogP contribution in [-0.2, 0) is 33.6 Å². The van der Waals surface area contributed by atoms with Crippen LogP contribution in [0.15, 0.2) is 0 Å². The van der Waals surface area contributed by atoms with Crippen LogP contribution in [0, 0.1) is 0 Å². The van der Waals surface area contributed by atoms with Crippen molar-refractivity contribution in [3.05, 3.63) is 0 Å². The van der Waals surface area contributed by atoms with Crippen LogP contribution in [0.3, 0.4) is 0 Å². The first-order valence-corrected chi connectivity index (χ1v) is 9.36. The summed E-state index contributed by atoms with van der Waals surface area (Å²) in [6, 6.07) is -5.67. The highest BCUT2D eigenvalue weighted by atomic mass is 16.4. The Labute approximate surface area is 181 Å². The molecule has 15 nitrogen and oxygen atoms in total. The topological polar surface area (TPSA) is 268 Å². The molecule has 0 saturated carbocycles. The van der Waals surface area contributed by atoms with E-state index in [9.17, 15) is 33.6 Å². The fraction of sp³-hybridized carbons (Fsp3) is 0.588. The molecule has 0 saturated heterocycles. The number of carboxylic acids is 3. The number of nitrogens with two attached hydrogens (primary N) is 2. The van der Waals surface area contributed by atoms with Gasteiger partial charge in [0.25, 0.3) is 0 Å². The highest BCUT2D eigenvalue weighted by Crippen LogP contribution is 2.02. The van der Waals surface area contributed by atoms with Crippen LogP contribution >= 0.6 is 0 Å². The van der Waals surface area contributed by atoms with Crippen molar-refractivity contribution >= 4 is 41.5 Å². The number of rotatable bonds is 15. The molecule has 0 radical (unpaired) electrons. The average molecular weight is 461 g/mol. The number of primary amides is 1. The second kappa shape index (κ2) is 13.5. The zero-order valence-electron chi connectivity index (χ0n) is 17.2. The van der Waals surface area contributed by atoms with Crippen LogP contribution in [0.1, 0.15) is 39.0 Å². The molecule has 4 atom stereocenters. The lowest BCUT2D eigenvalue weighted by atomic mass is 10.1. The Hall–Kier alpha value is -3.75. The highest BCUT2D eigenvalue weighted by molar-refractivity contribution is 5.95. The molecule has 0 bridgehead atoms. The van der Waals surface area contributed by atoms with Crippen LogP contribution in [0.5, 0.6) is 0 Å². The van der Waals surface area contributed by atoms with E-state index >= 15 is 0 Å². The molecule has 180 valence electrons. The fourth-order valence-corrected chi connectivity index (χ4v) is 2.33. The highest BCUT2D eigenvalue weighted by Gasteiger charge is 2.29. The molecule has 10 N–H and O–H groups in total. The molecular weight excluding hydrogens is 434 g/mol. The molecule has 0 aromatic carbocycles. The number of carbonyl (C=O) groups is 7. The summed E-state index contributed by atoms with van der Waals surface area (Å²) in [5.41, 5.74) is 10.4. The quantitative estimate of drug-likeness (QED) is 0.118. The number of hydrogen-bond acceptors (Lipinski definition) is 8. The maximum absolute atomic E-state index is 12.5. The van der Waals surface area contributed by atoms with Gasteiger partial charge in [0.15, 0.2) is 0 Å². The summed E-state index contributed by atoms with van der Waals surface area (Å²) in [4.78, 5) is 80.2. The van der Waals surface area contributed by atoms with E-state index in [0.717, 1.165) is 0 Å². The summed E-state index contributed by atoms with van der Waals surface area (Å²) in [5, 5.41) is 33.0. The van der Waals surface area contributed by atoms with E-state index < -0.39 is 91.4 Å². The lowest BCUT2D eigenvalue weighted by Crippen LogP contribution is -2.56. The maximum Gasteiger partial charge on any atom is 0.326 e. The normalized spacial score (nSPS) is 14.2. The largest absolute Gasteiger partial charge is 0.481 e. The summed E-state index contributed by atoms with van der Waals surface area (Å²) < 4.78 is 0. The van der Waals surface area contributed by atoms with Crippen molar-refractivity contribution in [3.8, 4) is 0 Å². The molecule has 0 heterocycles. The number of hydrogen-bond donors (Lipinski definition) is 8. The third kappa shape index (κ3) is 11.4. The van der Waals surface area contributed by atoms with E-state index in [1.54, 1.807) is 0 Å². The predicted octanol–water partition coefficient (Wildman–Crippen LogP) is -3.52. The Morgan fingerprint density at radius 2 is 1.22 bits per heavy atom. The minimum absolute atomic E-state index is 0.374. The molecule has 0 aromatic heterocycles. The van der Waals surface area contributed by atoms with Crippen LogP contribution < -0.4 is 27.4 Å². The van der Waals surface area contributed by atoms with Gasteiger partial charge < -0.3 is 42.7 Å². The first-order chi connectivity index (χ1) is 14.7. The van der Waals surface area contributed by atoms with Gasteiger partial charge in [0, 0.05) is 12.8 Å². The van der Waals surface area contributed by atoms with Crippen LogP contribution in [-0.4, -0.2) is 81.0 Å².